The van der Waals surface area contributed by atoms with E-state index in [0.29, 0.717) is 24.5 Å². The van der Waals surface area contributed by atoms with Gasteiger partial charge in [-0.2, -0.15) is 0 Å². The topological polar surface area (TPSA) is 49.8 Å². The van der Waals surface area contributed by atoms with Gasteiger partial charge in [-0.1, -0.05) is 6.07 Å². The predicted octanol–water partition coefficient (Wildman–Crippen LogP) is 2.56. The third-order valence-electron chi connectivity index (χ3n) is 3.40. The first-order chi connectivity index (χ1) is 9.32. The van der Waals surface area contributed by atoms with Crippen LogP contribution in [0.15, 0.2) is 18.2 Å². The molecule has 2 rings (SSSR count). The molecule has 0 spiro atoms. The summed E-state index contributed by atoms with van der Waals surface area (Å²) in [5.74, 6) is 0.385. The van der Waals surface area contributed by atoms with Gasteiger partial charge in [0.15, 0.2) is 0 Å². The minimum absolute atomic E-state index is 0.105. The lowest BCUT2D eigenvalue weighted by Crippen LogP contribution is -2.55. The van der Waals surface area contributed by atoms with Crippen LogP contribution in [0.5, 0.6) is 5.75 Å². The SMILES string of the molecule is Cc1ccc(C(=O)N2CC(CCl)OC(C)(C)C2)cc1O. The Balaban J connectivity index is 2.21. The van der Waals surface area contributed by atoms with E-state index in [1.165, 1.54) is 6.07 Å². The highest BCUT2D eigenvalue weighted by atomic mass is 35.5. The van der Waals surface area contributed by atoms with E-state index in [0.717, 1.165) is 5.56 Å². The van der Waals surface area contributed by atoms with Crippen molar-refractivity contribution in [3.8, 4) is 5.75 Å². The zero-order chi connectivity index (χ0) is 14.9. The number of alkyl halides is 1. The summed E-state index contributed by atoms with van der Waals surface area (Å²) in [7, 11) is 0. The highest BCUT2D eigenvalue weighted by Gasteiger charge is 2.35. The van der Waals surface area contributed by atoms with Gasteiger partial charge in [-0.15, -0.1) is 11.6 Å². The van der Waals surface area contributed by atoms with E-state index in [1.807, 2.05) is 13.8 Å². The van der Waals surface area contributed by atoms with E-state index in [9.17, 15) is 9.90 Å². The number of amides is 1. The van der Waals surface area contributed by atoms with E-state index in [4.69, 9.17) is 16.3 Å². The van der Waals surface area contributed by atoms with Crippen LogP contribution in [0.1, 0.15) is 29.8 Å². The monoisotopic (exact) mass is 297 g/mol. The number of morpholine rings is 1. The van der Waals surface area contributed by atoms with Gasteiger partial charge in [0, 0.05) is 18.7 Å². The highest BCUT2D eigenvalue weighted by Crippen LogP contribution is 2.25. The van der Waals surface area contributed by atoms with Crippen LogP contribution in [-0.4, -0.2) is 46.6 Å². The lowest BCUT2D eigenvalue weighted by atomic mass is 10.0. The second-order valence-electron chi connectivity index (χ2n) is 5.84. The Hall–Kier alpha value is -1.26. The molecule has 1 fully saturated rings. The molecule has 1 aromatic rings. The molecule has 1 atom stereocenters. The largest absolute Gasteiger partial charge is 0.508 e. The molecule has 20 heavy (non-hydrogen) atoms. The molecule has 1 aliphatic rings. The Morgan fingerprint density at radius 2 is 2.25 bits per heavy atom. The van der Waals surface area contributed by atoms with Gasteiger partial charge in [-0.25, -0.2) is 0 Å². The van der Waals surface area contributed by atoms with Gasteiger partial charge in [-0.05, 0) is 38.5 Å². The summed E-state index contributed by atoms with van der Waals surface area (Å²) in [6, 6.07) is 4.98. The molecule has 0 saturated carbocycles. The maximum absolute atomic E-state index is 12.5. The van der Waals surface area contributed by atoms with Gasteiger partial charge in [0.25, 0.3) is 5.91 Å². The number of hydrogen-bond acceptors (Lipinski definition) is 3. The Kier molecular flexibility index (Phi) is 4.25. The van der Waals surface area contributed by atoms with Crippen molar-refractivity contribution < 1.29 is 14.6 Å². The van der Waals surface area contributed by atoms with Gasteiger partial charge in [-0.3, -0.25) is 4.79 Å². The first kappa shape index (κ1) is 15.1. The first-order valence-corrected chi connectivity index (χ1v) is 7.18. The molecule has 0 aliphatic carbocycles. The average Bonchev–Trinajstić information content (AvgIpc) is 2.39. The molecule has 1 amide bonds. The number of carbonyl (C=O) groups is 1. The number of phenols is 1. The molecule has 1 N–H and O–H groups in total. The third kappa shape index (κ3) is 3.25. The Labute approximate surface area is 124 Å². The fourth-order valence-electron chi connectivity index (χ4n) is 2.46. The average molecular weight is 298 g/mol. The van der Waals surface area contributed by atoms with Crippen LogP contribution in [0, 0.1) is 6.92 Å². The second-order valence-corrected chi connectivity index (χ2v) is 6.15. The van der Waals surface area contributed by atoms with Gasteiger partial charge < -0.3 is 14.7 Å². The fourth-order valence-corrected chi connectivity index (χ4v) is 2.62. The molecule has 1 saturated heterocycles. The summed E-state index contributed by atoms with van der Waals surface area (Å²) in [4.78, 5) is 14.3. The minimum atomic E-state index is -0.416. The van der Waals surface area contributed by atoms with E-state index < -0.39 is 5.60 Å². The Bertz CT molecular complexity index is 516. The highest BCUT2D eigenvalue weighted by molar-refractivity contribution is 6.18. The molecule has 110 valence electrons. The molecule has 0 aromatic heterocycles. The zero-order valence-electron chi connectivity index (χ0n) is 12.0. The third-order valence-corrected chi connectivity index (χ3v) is 3.74. The maximum atomic E-state index is 12.5. The maximum Gasteiger partial charge on any atom is 0.254 e. The second kappa shape index (κ2) is 5.62. The molecule has 0 bridgehead atoms. The van der Waals surface area contributed by atoms with Crippen molar-refractivity contribution in [3.05, 3.63) is 29.3 Å². The molecular weight excluding hydrogens is 278 g/mol. The predicted molar refractivity (Wildman–Crippen MR) is 78.4 cm³/mol. The smallest absolute Gasteiger partial charge is 0.254 e. The van der Waals surface area contributed by atoms with Crippen molar-refractivity contribution >= 4 is 17.5 Å². The van der Waals surface area contributed by atoms with Gasteiger partial charge >= 0.3 is 0 Å². The van der Waals surface area contributed by atoms with Crippen LogP contribution in [0.3, 0.4) is 0 Å². The summed E-state index contributed by atoms with van der Waals surface area (Å²) in [5, 5.41) is 9.73. The number of aryl methyl sites for hydroxylation is 1. The van der Waals surface area contributed by atoms with Crippen LogP contribution < -0.4 is 0 Å². The van der Waals surface area contributed by atoms with Crippen LogP contribution in [0.4, 0.5) is 0 Å². The number of nitrogens with zero attached hydrogens (tertiary/aromatic N) is 1. The van der Waals surface area contributed by atoms with Gasteiger partial charge in [0.2, 0.25) is 0 Å². The first-order valence-electron chi connectivity index (χ1n) is 6.65. The lowest BCUT2D eigenvalue weighted by molar-refractivity contribution is -0.117. The fraction of sp³-hybridized carbons (Fsp3) is 0.533. The van der Waals surface area contributed by atoms with E-state index in [-0.39, 0.29) is 17.8 Å². The summed E-state index contributed by atoms with van der Waals surface area (Å²) in [6.45, 7) is 6.66. The van der Waals surface area contributed by atoms with Gasteiger partial charge in [0.1, 0.15) is 5.75 Å². The minimum Gasteiger partial charge on any atom is -0.508 e. The van der Waals surface area contributed by atoms with Gasteiger partial charge in [0.05, 0.1) is 17.6 Å². The molecular formula is C15H20ClNO3. The summed E-state index contributed by atoms with van der Waals surface area (Å²) in [5.41, 5.74) is 0.821. The Morgan fingerprint density at radius 3 is 2.85 bits per heavy atom. The van der Waals surface area contributed by atoms with Crippen LogP contribution in [0.25, 0.3) is 0 Å². The molecule has 1 heterocycles. The number of carbonyl (C=O) groups excluding carboxylic acids is 1. The molecule has 4 nitrogen and oxygen atoms in total. The number of rotatable bonds is 2. The standard InChI is InChI=1S/C15H20ClNO3/c1-10-4-5-11(6-13(10)18)14(19)17-8-12(7-16)20-15(2,3)9-17/h4-6,12,18H,7-9H2,1-3H3. The van der Waals surface area contributed by atoms with Crippen LogP contribution in [0.2, 0.25) is 0 Å². The number of phenolic OH excluding ortho intramolecular Hbond substituents is 1. The molecule has 0 radical (unpaired) electrons. The van der Waals surface area contributed by atoms with Crippen molar-refractivity contribution in [2.75, 3.05) is 19.0 Å². The van der Waals surface area contributed by atoms with Crippen molar-refractivity contribution in [2.45, 2.75) is 32.5 Å². The number of hydrogen-bond donors (Lipinski definition) is 1. The number of aromatic hydroxyl groups is 1. The molecule has 5 heteroatoms. The van der Waals surface area contributed by atoms with E-state index in [1.54, 1.807) is 24.0 Å². The Morgan fingerprint density at radius 1 is 1.55 bits per heavy atom. The van der Waals surface area contributed by atoms with E-state index >= 15 is 0 Å². The van der Waals surface area contributed by atoms with Crippen molar-refractivity contribution in [3.63, 3.8) is 0 Å². The van der Waals surface area contributed by atoms with Crippen LogP contribution >= 0.6 is 11.6 Å². The van der Waals surface area contributed by atoms with E-state index in [2.05, 4.69) is 0 Å². The summed E-state index contributed by atoms with van der Waals surface area (Å²) < 4.78 is 5.81. The van der Waals surface area contributed by atoms with Crippen molar-refractivity contribution in [2.24, 2.45) is 0 Å². The molecule has 1 aromatic carbocycles. The molecule has 1 unspecified atom stereocenters. The number of halogens is 1. The normalized spacial score (nSPS) is 21.8. The summed E-state index contributed by atoms with van der Waals surface area (Å²) >= 11 is 5.87. The van der Waals surface area contributed by atoms with Crippen LogP contribution in [-0.2, 0) is 4.74 Å². The zero-order valence-corrected chi connectivity index (χ0v) is 12.8. The van der Waals surface area contributed by atoms with Crippen molar-refractivity contribution in [1.29, 1.82) is 0 Å². The summed E-state index contributed by atoms with van der Waals surface area (Å²) in [6.07, 6.45) is -0.164. The quantitative estimate of drug-likeness (QED) is 0.854. The molecule has 1 aliphatic heterocycles. The number of ether oxygens (including phenoxy) is 1. The lowest BCUT2D eigenvalue weighted by Gasteiger charge is -2.42. The number of benzene rings is 1. The van der Waals surface area contributed by atoms with Crippen molar-refractivity contribution in [1.82, 2.24) is 4.90 Å².